The minimum Gasteiger partial charge on any atom is -0.483 e. The number of nitrogens with one attached hydrogen (secondary N) is 1. The SMILES string of the molecule is Cc1ccc(NC2=Nc3cc(N)ccc3OC2)cc1Cl. The molecule has 0 unspecified atom stereocenters. The van der Waals surface area contributed by atoms with Gasteiger partial charge in [-0.15, -0.1) is 0 Å². The van der Waals surface area contributed by atoms with Crippen molar-refractivity contribution < 1.29 is 4.74 Å². The van der Waals surface area contributed by atoms with Crippen LogP contribution in [0.2, 0.25) is 5.02 Å². The minimum absolute atomic E-state index is 0.391. The number of nitrogens with two attached hydrogens (primary N) is 1. The molecule has 0 saturated heterocycles. The molecule has 0 fully saturated rings. The van der Waals surface area contributed by atoms with Gasteiger partial charge in [-0.2, -0.15) is 0 Å². The van der Waals surface area contributed by atoms with E-state index in [9.17, 15) is 0 Å². The first-order chi connectivity index (χ1) is 9.61. The second-order valence-electron chi connectivity index (χ2n) is 4.66. The van der Waals surface area contributed by atoms with Gasteiger partial charge in [0, 0.05) is 16.4 Å². The number of amidine groups is 1. The van der Waals surface area contributed by atoms with Crippen LogP contribution in [0.25, 0.3) is 0 Å². The van der Waals surface area contributed by atoms with Gasteiger partial charge in [-0.05, 0) is 42.8 Å². The lowest BCUT2D eigenvalue weighted by Gasteiger charge is -2.18. The Hall–Kier alpha value is -2.20. The van der Waals surface area contributed by atoms with Gasteiger partial charge >= 0.3 is 0 Å². The Morgan fingerprint density at radius 1 is 1.25 bits per heavy atom. The van der Waals surface area contributed by atoms with Crippen molar-refractivity contribution >= 4 is 34.5 Å². The maximum Gasteiger partial charge on any atom is 0.146 e. The summed E-state index contributed by atoms with van der Waals surface area (Å²) >= 11 is 6.11. The molecule has 1 aliphatic heterocycles. The van der Waals surface area contributed by atoms with Gasteiger partial charge in [-0.25, -0.2) is 4.99 Å². The number of hydrogen-bond acceptors (Lipinski definition) is 4. The summed E-state index contributed by atoms with van der Waals surface area (Å²) in [6.45, 7) is 2.36. The van der Waals surface area contributed by atoms with Crippen molar-refractivity contribution in [1.29, 1.82) is 0 Å². The Labute approximate surface area is 122 Å². The van der Waals surface area contributed by atoms with Crippen LogP contribution in [0.5, 0.6) is 5.75 Å². The van der Waals surface area contributed by atoms with E-state index in [1.807, 2.05) is 31.2 Å². The van der Waals surface area contributed by atoms with Crippen molar-refractivity contribution in [2.45, 2.75) is 6.92 Å². The fourth-order valence-electron chi connectivity index (χ4n) is 1.97. The number of aryl methyl sites for hydroxylation is 1. The van der Waals surface area contributed by atoms with E-state index < -0.39 is 0 Å². The number of benzene rings is 2. The van der Waals surface area contributed by atoms with E-state index in [2.05, 4.69) is 10.3 Å². The Morgan fingerprint density at radius 2 is 2.10 bits per heavy atom. The second-order valence-corrected chi connectivity index (χ2v) is 5.07. The van der Waals surface area contributed by atoms with E-state index in [1.165, 1.54) is 0 Å². The molecule has 3 rings (SSSR count). The topological polar surface area (TPSA) is 59.6 Å². The summed E-state index contributed by atoms with van der Waals surface area (Å²) in [7, 11) is 0. The molecule has 2 aromatic rings. The number of nitrogens with zero attached hydrogens (tertiary/aromatic N) is 1. The molecule has 2 aromatic carbocycles. The predicted molar refractivity (Wildman–Crippen MR) is 83.3 cm³/mol. The Bertz CT molecular complexity index is 698. The van der Waals surface area contributed by atoms with Crippen LogP contribution in [0.3, 0.4) is 0 Å². The zero-order valence-corrected chi connectivity index (χ0v) is 11.7. The summed E-state index contributed by atoms with van der Waals surface area (Å²) in [5, 5.41) is 3.93. The van der Waals surface area contributed by atoms with E-state index in [0.717, 1.165) is 33.5 Å². The van der Waals surface area contributed by atoms with Gasteiger partial charge in [0.15, 0.2) is 0 Å². The van der Waals surface area contributed by atoms with E-state index in [1.54, 1.807) is 12.1 Å². The molecule has 1 heterocycles. The molecule has 102 valence electrons. The first kappa shape index (κ1) is 12.8. The zero-order chi connectivity index (χ0) is 14.1. The lowest BCUT2D eigenvalue weighted by atomic mass is 10.2. The maximum absolute atomic E-state index is 6.11. The minimum atomic E-state index is 0.391. The van der Waals surface area contributed by atoms with Crippen LogP contribution in [0.4, 0.5) is 17.1 Å². The summed E-state index contributed by atoms with van der Waals surface area (Å²) in [5.74, 6) is 1.47. The van der Waals surface area contributed by atoms with Crippen LogP contribution in [-0.2, 0) is 0 Å². The standard InChI is InChI=1S/C15H14ClN3O/c1-9-2-4-11(7-12(9)16)18-15-8-20-14-5-3-10(17)6-13(14)19-15/h2-7H,8,17H2,1H3,(H,18,19). The Kier molecular flexibility index (Phi) is 3.24. The van der Waals surface area contributed by atoms with Gasteiger partial charge in [0.25, 0.3) is 0 Å². The molecule has 0 amide bonds. The van der Waals surface area contributed by atoms with Crippen LogP contribution in [0.15, 0.2) is 41.4 Å². The van der Waals surface area contributed by atoms with Gasteiger partial charge in [0.2, 0.25) is 0 Å². The van der Waals surface area contributed by atoms with Crippen LogP contribution in [0.1, 0.15) is 5.56 Å². The van der Waals surface area contributed by atoms with E-state index >= 15 is 0 Å². The average Bonchev–Trinajstić information content (AvgIpc) is 2.42. The number of nitrogen functional groups attached to an aromatic ring is 1. The lowest BCUT2D eigenvalue weighted by molar-refractivity contribution is 0.372. The molecule has 0 saturated carbocycles. The summed E-state index contributed by atoms with van der Waals surface area (Å²) in [6, 6.07) is 11.2. The largest absolute Gasteiger partial charge is 0.483 e. The third-order valence-corrected chi connectivity index (χ3v) is 3.47. The summed E-state index contributed by atoms with van der Waals surface area (Å²) in [5.41, 5.74) is 9.07. The van der Waals surface area contributed by atoms with Gasteiger partial charge < -0.3 is 15.8 Å². The Morgan fingerprint density at radius 3 is 2.90 bits per heavy atom. The molecule has 0 aliphatic carbocycles. The van der Waals surface area contributed by atoms with Crippen molar-refractivity contribution in [1.82, 2.24) is 0 Å². The lowest BCUT2D eigenvalue weighted by Crippen LogP contribution is -2.23. The van der Waals surface area contributed by atoms with Crippen LogP contribution < -0.4 is 15.8 Å². The number of fused-ring (bicyclic) bond motifs is 1. The normalized spacial score (nSPS) is 13.2. The molecule has 0 spiro atoms. The predicted octanol–water partition coefficient (Wildman–Crippen LogP) is 3.77. The van der Waals surface area contributed by atoms with Crippen LogP contribution in [-0.4, -0.2) is 12.4 Å². The molecule has 5 heteroatoms. The molecule has 4 nitrogen and oxygen atoms in total. The monoisotopic (exact) mass is 287 g/mol. The van der Waals surface area contributed by atoms with Crippen molar-refractivity contribution in [2.24, 2.45) is 4.99 Å². The Balaban J connectivity index is 1.86. The number of hydrogen-bond donors (Lipinski definition) is 2. The third-order valence-electron chi connectivity index (χ3n) is 3.06. The second kappa shape index (κ2) is 5.06. The smallest absolute Gasteiger partial charge is 0.146 e. The van der Waals surface area contributed by atoms with E-state index in [-0.39, 0.29) is 0 Å². The molecule has 0 radical (unpaired) electrons. The van der Waals surface area contributed by atoms with Gasteiger partial charge in [-0.3, -0.25) is 0 Å². The molecule has 20 heavy (non-hydrogen) atoms. The van der Waals surface area contributed by atoms with Gasteiger partial charge in [0.05, 0.1) is 0 Å². The molecule has 0 bridgehead atoms. The summed E-state index contributed by atoms with van der Waals surface area (Å²) in [6.07, 6.45) is 0. The zero-order valence-electron chi connectivity index (χ0n) is 11.0. The number of anilines is 2. The molecular weight excluding hydrogens is 274 g/mol. The molecule has 3 N–H and O–H groups in total. The number of aliphatic imine (C=N–C) groups is 1. The molecular formula is C15H14ClN3O. The quantitative estimate of drug-likeness (QED) is 0.785. The maximum atomic E-state index is 6.11. The highest BCUT2D eigenvalue weighted by Crippen LogP contribution is 2.32. The summed E-state index contributed by atoms with van der Waals surface area (Å²) < 4.78 is 5.64. The van der Waals surface area contributed by atoms with E-state index in [0.29, 0.717) is 12.3 Å². The molecule has 0 aromatic heterocycles. The van der Waals surface area contributed by atoms with Gasteiger partial charge in [0.1, 0.15) is 23.9 Å². The third kappa shape index (κ3) is 2.56. The molecule has 0 atom stereocenters. The average molecular weight is 288 g/mol. The van der Waals surface area contributed by atoms with Crippen molar-refractivity contribution in [3.8, 4) is 5.75 Å². The fourth-order valence-corrected chi connectivity index (χ4v) is 2.15. The van der Waals surface area contributed by atoms with Crippen molar-refractivity contribution in [3.05, 3.63) is 47.0 Å². The highest BCUT2D eigenvalue weighted by atomic mass is 35.5. The van der Waals surface area contributed by atoms with Gasteiger partial charge in [-0.1, -0.05) is 17.7 Å². The number of rotatable bonds is 1. The number of halogens is 1. The first-order valence-corrected chi connectivity index (χ1v) is 6.63. The fraction of sp³-hybridized carbons (Fsp3) is 0.133. The van der Waals surface area contributed by atoms with Crippen LogP contribution in [0, 0.1) is 6.92 Å². The van der Waals surface area contributed by atoms with E-state index in [4.69, 9.17) is 22.1 Å². The molecule has 1 aliphatic rings. The first-order valence-electron chi connectivity index (χ1n) is 6.25. The highest BCUT2D eigenvalue weighted by molar-refractivity contribution is 6.31. The van der Waals surface area contributed by atoms with Crippen molar-refractivity contribution in [2.75, 3.05) is 17.7 Å². The highest BCUT2D eigenvalue weighted by Gasteiger charge is 2.13. The van der Waals surface area contributed by atoms with Crippen LogP contribution >= 0.6 is 11.6 Å². The number of ether oxygens (including phenoxy) is 1. The van der Waals surface area contributed by atoms with Crippen molar-refractivity contribution in [3.63, 3.8) is 0 Å². The summed E-state index contributed by atoms with van der Waals surface area (Å²) in [4.78, 5) is 4.51.